The van der Waals surface area contributed by atoms with Gasteiger partial charge in [-0.3, -0.25) is 4.79 Å². The summed E-state index contributed by atoms with van der Waals surface area (Å²) in [6, 6.07) is 6.70. The zero-order chi connectivity index (χ0) is 16.4. The number of amides is 1. The predicted octanol–water partition coefficient (Wildman–Crippen LogP) is 3.46. The van der Waals surface area contributed by atoms with Gasteiger partial charge in [0.25, 0.3) is 0 Å². The number of rotatable bonds is 2. The maximum atomic E-state index is 13.3. The lowest BCUT2D eigenvalue weighted by atomic mass is 9.86. The van der Waals surface area contributed by atoms with E-state index in [-0.39, 0.29) is 17.0 Å². The number of carbonyl (C=O) groups excluding carboxylic acids is 1. The summed E-state index contributed by atoms with van der Waals surface area (Å²) < 4.78 is 19.0. The number of halogens is 2. The highest BCUT2D eigenvalue weighted by Crippen LogP contribution is 2.40. The van der Waals surface area contributed by atoms with Gasteiger partial charge in [0.1, 0.15) is 17.3 Å². The highest BCUT2D eigenvalue weighted by Gasteiger charge is 2.45. The molecule has 1 aromatic rings. The molecule has 23 heavy (non-hydrogen) atoms. The molecule has 1 aromatic carbocycles. The van der Waals surface area contributed by atoms with Gasteiger partial charge in [-0.05, 0) is 30.5 Å². The number of morpholine rings is 1. The zero-order valence-corrected chi connectivity index (χ0v) is 13.5. The summed E-state index contributed by atoms with van der Waals surface area (Å²) in [5.41, 5.74) is -0.131. The van der Waals surface area contributed by atoms with Crippen LogP contribution in [0.3, 0.4) is 0 Å². The molecule has 0 radical (unpaired) electrons. The molecule has 122 valence electrons. The van der Waals surface area contributed by atoms with Gasteiger partial charge in [-0.1, -0.05) is 30.5 Å². The molecule has 1 aliphatic heterocycles. The highest BCUT2D eigenvalue weighted by atomic mass is 35.5. The molecule has 1 unspecified atom stereocenters. The van der Waals surface area contributed by atoms with Crippen molar-refractivity contribution in [2.45, 2.75) is 31.8 Å². The molecular weight excluding hydrogens is 319 g/mol. The summed E-state index contributed by atoms with van der Waals surface area (Å²) in [5.74, 6) is -0.576. The summed E-state index contributed by atoms with van der Waals surface area (Å²) in [7, 11) is 0. The van der Waals surface area contributed by atoms with Gasteiger partial charge in [0.2, 0.25) is 5.91 Å². The summed E-state index contributed by atoms with van der Waals surface area (Å²) >= 11 is 5.83. The van der Waals surface area contributed by atoms with Crippen LogP contribution in [-0.4, -0.2) is 30.5 Å². The minimum Gasteiger partial charge on any atom is -0.370 e. The van der Waals surface area contributed by atoms with E-state index in [1.54, 1.807) is 11.0 Å². The van der Waals surface area contributed by atoms with E-state index in [1.807, 2.05) is 0 Å². The molecule has 4 nitrogen and oxygen atoms in total. The molecule has 0 aromatic heterocycles. The van der Waals surface area contributed by atoms with Crippen LogP contribution in [0.25, 0.3) is 0 Å². The second-order valence-electron chi connectivity index (χ2n) is 6.19. The minimum absolute atomic E-state index is 0.0406. The van der Waals surface area contributed by atoms with Gasteiger partial charge >= 0.3 is 0 Å². The van der Waals surface area contributed by atoms with Gasteiger partial charge in [-0.25, -0.2) is 4.39 Å². The molecule has 2 fully saturated rings. The van der Waals surface area contributed by atoms with Crippen LogP contribution in [0, 0.1) is 22.6 Å². The maximum absolute atomic E-state index is 13.3. The van der Waals surface area contributed by atoms with Crippen molar-refractivity contribution in [1.82, 2.24) is 4.90 Å². The van der Waals surface area contributed by atoms with Crippen LogP contribution in [0.15, 0.2) is 18.2 Å². The van der Waals surface area contributed by atoms with Gasteiger partial charge in [-0.15, -0.1) is 0 Å². The zero-order valence-electron chi connectivity index (χ0n) is 12.7. The van der Waals surface area contributed by atoms with E-state index in [1.165, 1.54) is 12.1 Å². The lowest BCUT2D eigenvalue weighted by molar-refractivity contribution is -0.146. The predicted molar refractivity (Wildman–Crippen MR) is 83.2 cm³/mol. The number of hydrogen-bond acceptors (Lipinski definition) is 3. The van der Waals surface area contributed by atoms with Crippen molar-refractivity contribution >= 4 is 17.5 Å². The Balaban J connectivity index is 1.77. The minimum atomic E-state index is -0.873. The van der Waals surface area contributed by atoms with E-state index < -0.39 is 11.2 Å². The lowest BCUT2D eigenvalue weighted by Gasteiger charge is -2.36. The van der Waals surface area contributed by atoms with Crippen LogP contribution in [0.2, 0.25) is 5.02 Å². The monoisotopic (exact) mass is 336 g/mol. The number of hydrogen-bond donors (Lipinski definition) is 0. The smallest absolute Gasteiger partial charge is 0.243 e. The molecule has 1 saturated heterocycles. The third-order valence-electron chi connectivity index (χ3n) is 4.75. The molecule has 2 aliphatic rings. The molecule has 1 aliphatic carbocycles. The standard InChI is InChI=1S/C17H18ClFN2O2/c18-13-9-12(3-4-14(13)19)15-10-21(7-8-23-15)16(22)17(11-20)5-1-2-6-17/h3-4,9,15H,1-2,5-8,10H2. The summed E-state index contributed by atoms with van der Waals surface area (Å²) in [6.07, 6.45) is 2.75. The average molecular weight is 337 g/mol. The van der Waals surface area contributed by atoms with Gasteiger partial charge in [0.05, 0.1) is 24.2 Å². The molecular formula is C17H18ClFN2O2. The van der Waals surface area contributed by atoms with Crippen molar-refractivity contribution in [3.63, 3.8) is 0 Å². The van der Waals surface area contributed by atoms with Gasteiger partial charge in [0, 0.05) is 6.54 Å². The summed E-state index contributed by atoms with van der Waals surface area (Å²) in [6.45, 7) is 1.24. The van der Waals surface area contributed by atoms with Crippen molar-refractivity contribution in [2.75, 3.05) is 19.7 Å². The molecule has 0 N–H and O–H groups in total. The number of nitrogens with zero attached hydrogens (tertiary/aromatic N) is 2. The fraction of sp³-hybridized carbons (Fsp3) is 0.529. The largest absolute Gasteiger partial charge is 0.370 e. The van der Waals surface area contributed by atoms with Crippen molar-refractivity contribution in [3.05, 3.63) is 34.6 Å². The Morgan fingerprint density at radius 3 is 2.83 bits per heavy atom. The maximum Gasteiger partial charge on any atom is 0.243 e. The molecule has 0 bridgehead atoms. The van der Waals surface area contributed by atoms with E-state index in [0.717, 1.165) is 18.4 Å². The Labute approximate surface area is 139 Å². The third-order valence-corrected chi connectivity index (χ3v) is 5.04. The topological polar surface area (TPSA) is 53.3 Å². The molecule has 6 heteroatoms. The number of benzene rings is 1. The van der Waals surface area contributed by atoms with Crippen LogP contribution in [-0.2, 0) is 9.53 Å². The quantitative estimate of drug-likeness (QED) is 0.831. The van der Waals surface area contributed by atoms with Gasteiger partial charge in [-0.2, -0.15) is 5.26 Å². The summed E-state index contributed by atoms with van der Waals surface area (Å²) in [4.78, 5) is 14.5. The molecule has 1 saturated carbocycles. The van der Waals surface area contributed by atoms with E-state index in [0.29, 0.717) is 32.5 Å². The Morgan fingerprint density at radius 1 is 1.43 bits per heavy atom. The third kappa shape index (κ3) is 3.06. The number of ether oxygens (including phenoxy) is 1. The van der Waals surface area contributed by atoms with Crippen molar-refractivity contribution in [2.24, 2.45) is 5.41 Å². The van der Waals surface area contributed by atoms with Gasteiger partial charge in [0.15, 0.2) is 0 Å². The van der Waals surface area contributed by atoms with Crippen LogP contribution in [0.5, 0.6) is 0 Å². The number of carbonyl (C=O) groups is 1. The van der Waals surface area contributed by atoms with Crippen molar-refractivity contribution in [3.8, 4) is 6.07 Å². The van der Waals surface area contributed by atoms with E-state index in [4.69, 9.17) is 16.3 Å². The first-order valence-electron chi connectivity index (χ1n) is 7.83. The van der Waals surface area contributed by atoms with Crippen molar-refractivity contribution < 1.29 is 13.9 Å². The summed E-state index contributed by atoms with van der Waals surface area (Å²) in [5, 5.41) is 9.52. The first-order chi connectivity index (χ1) is 11.1. The molecule has 1 atom stereocenters. The van der Waals surface area contributed by atoms with E-state index in [9.17, 15) is 14.4 Å². The first-order valence-corrected chi connectivity index (χ1v) is 8.21. The second kappa shape index (κ2) is 6.46. The highest BCUT2D eigenvalue weighted by molar-refractivity contribution is 6.30. The van der Waals surface area contributed by atoms with Crippen LogP contribution >= 0.6 is 11.6 Å². The Morgan fingerprint density at radius 2 is 2.17 bits per heavy atom. The van der Waals surface area contributed by atoms with Crippen LogP contribution in [0.1, 0.15) is 37.4 Å². The molecule has 1 amide bonds. The SMILES string of the molecule is N#CC1(C(=O)N2CCOC(c3ccc(F)c(Cl)c3)C2)CCCC1. The number of nitriles is 1. The normalized spacial score (nSPS) is 23.5. The van der Waals surface area contributed by atoms with Gasteiger partial charge < -0.3 is 9.64 Å². The molecule has 0 spiro atoms. The second-order valence-corrected chi connectivity index (χ2v) is 6.59. The average Bonchev–Trinajstić information content (AvgIpc) is 3.07. The lowest BCUT2D eigenvalue weighted by Crippen LogP contribution is -2.48. The Hall–Kier alpha value is -1.64. The first kappa shape index (κ1) is 16.2. The fourth-order valence-corrected chi connectivity index (χ4v) is 3.59. The molecule has 3 rings (SSSR count). The Bertz CT molecular complexity index is 652. The van der Waals surface area contributed by atoms with Crippen LogP contribution < -0.4 is 0 Å². The van der Waals surface area contributed by atoms with E-state index in [2.05, 4.69) is 6.07 Å². The Kier molecular flexibility index (Phi) is 4.56. The van der Waals surface area contributed by atoms with Crippen LogP contribution in [0.4, 0.5) is 4.39 Å². The molecule has 1 heterocycles. The fourth-order valence-electron chi connectivity index (χ4n) is 3.40. The van der Waals surface area contributed by atoms with Crippen molar-refractivity contribution in [1.29, 1.82) is 5.26 Å². The van der Waals surface area contributed by atoms with E-state index >= 15 is 0 Å².